The fourth-order valence-corrected chi connectivity index (χ4v) is 0.804. The lowest BCUT2D eigenvalue weighted by atomic mass is 10.2. The molecule has 13 heavy (non-hydrogen) atoms. The van der Waals surface area contributed by atoms with Gasteiger partial charge in [-0.1, -0.05) is 12.1 Å². The van der Waals surface area contributed by atoms with Gasteiger partial charge in [0.15, 0.2) is 5.75 Å². The Morgan fingerprint density at radius 1 is 1.15 bits per heavy atom. The van der Waals surface area contributed by atoms with Crippen molar-refractivity contribution in [1.29, 1.82) is 0 Å². The second-order valence-electron chi connectivity index (χ2n) is 2.11. The number of rotatable bonds is 1. The number of alkyl halides is 3. The average molecular weight is 214 g/mol. The Labute approximate surface area is 78.9 Å². The summed E-state index contributed by atoms with van der Waals surface area (Å²) in [6.07, 6.45) is -4.42. The van der Waals surface area contributed by atoms with E-state index in [9.17, 15) is 13.2 Å². The van der Waals surface area contributed by atoms with Gasteiger partial charge in [0.25, 0.3) is 0 Å². The lowest BCUT2D eigenvalue weighted by Gasteiger charge is -2.09. The maximum absolute atomic E-state index is 12.1. The standard InChI is InChI=1S/C7H6F3NO.ClH/c8-7(9,10)5-3-1-2-4-6(5)12-11;/h1-4H,11H2;1H. The van der Waals surface area contributed by atoms with Gasteiger partial charge in [0.1, 0.15) is 5.56 Å². The van der Waals surface area contributed by atoms with Crippen LogP contribution < -0.4 is 10.7 Å². The highest BCUT2D eigenvalue weighted by atomic mass is 35.5. The van der Waals surface area contributed by atoms with Gasteiger partial charge in [-0.05, 0) is 12.1 Å². The molecule has 0 radical (unpaired) electrons. The van der Waals surface area contributed by atoms with E-state index in [-0.39, 0.29) is 18.2 Å². The first kappa shape index (κ1) is 12.1. The van der Waals surface area contributed by atoms with E-state index in [1.807, 2.05) is 0 Å². The highest BCUT2D eigenvalue weighted by Gasteiger charge is 2.33. The number of benzene rings is 1. The summed E-state index contributed by atoms with van der Waals surface area (Å²) in [6.45, 7) is 0. The molecule has 2 nitrogen and oxygen atoms in total. The Morgan fingerprint density at radius 2 is 1.69 bits per heavy atom. The summed E-state index contributed by atoms with van der Waals surface area (Å²) in [4.78, 5) is 4.05. The minimum absolute atomic E-state index is 0. The van der Waals surface area contributed by atoms with Gasteiger partial charge < -0.3 is 4.84 Å². The predicted molar refractivity (Wildman–Crippen MR) is 43.5 cm³/mol. The average Bonchev–Trinajstić information content (AvgIpc) is 2.03. The topological polar surface area (TPSA) is 35.2 Å². The fraction of sp³-hybridized carbons (Fsp3) is 0.143. The van der Waals surface area contributed by atoms with Crippen LogP contribution in [0.15, 0.2) is 24.3 Å². The van der Waals surface area contributed by atoms with Crippen molar-refractivity contribution in [3.8, 4) is 5.75 Å². The molecule has 0 unspecified atom stereocenters. The van der Waals surface area contributed by atoms with Crippen LogP contribution >= 0.6 is 12.4 Å². The Balaban J connectivity index is 0.00000144. The Bertz CT molecular complexity index is 277. The minimum atomic E-state index is -4.42. The largest absolute Gasteiger partial charge is 0.420 e. The third-order valence-electron chi connectivity index (χ3n) is 1.32. The SMILES string of the molecule is Cl.NOc1ccccc1C(F)(F)F. The summed E-state index contributed by atoms with van der Waals surface area (Å²) in [5.74, 6) is 4.28. The van der Waals surface area contributed by atoms with Crippen molar-refractivity contribution in [3.63, 3.8) is 0 Å². The van der Waals surface area contributed by atoms with Crippen molar-refractivity contribution < 1.29 is 18.0 Å². The summed E-state index contributed by atoms with van der Waals surface area (Å²) >= 11 is 0. The Morgan fingerprint density at radius 3 is 2.08 bits per heavy atom. The van der Waals surface area contributed by atoms with Crippen LogP contribution in [0.2, 0.25) is 0 Å². The zero-order valence-corrected chi connectivity index (χ0v) is 7.15. The first-order valence-electron chi connectivity index (χ1n) is 3.08. The predicted octanol–water partition coefficient (Wildman–Crippen LogP) is 2.38. The van der Waals surface area contributed by atoms with Crippen LogP contribution in [0.3, 0.4) is 0 Å². The molecule has 0 heterocycles. The summed E-state index contributed by atoms with van der Waals surface area (Å²) in [5, 5.41) is 0. The first-order chi connectivity index (χ1) is 5.55. The molecular formula is C7H7ClF3NO. The lowest BCUT2D eigenvalue weighted by Crippen LogP contribution is -2.11. The molecule has 6 heteroatoms. The van der Waals surface area contributed by atoms with E-state index in [0.29, 0.717) is 0 Å². The molecule has 2 N–H and O–H groups in total. The van der Waals surface area contributed by atoms with Crippen LogP contribution in [0.5, 0.6) is 5.75 Å². The van der Waals surface area contributed by atoms with E-state index in [1.54, 1.807) is 0 Å². The van der Waals surface area contributed by atoms with E-state index >= 15 is 0 Å². The van der Waals surface area contributed by atoms with Gasteiger partial charge in [0, 0.05) is 0 Å². The van der Waals surface area contributed by atoms with Crippen LogP contribution in [0, 0.1) is 0 Å². The second kappa shape index (κ2) is 4.34. The molecule has 0 saturated heterocycles. The quantitative estimate of drug-likeness (QED) is 0.727. The fourth-order valence-electron chi connectivity index (χ4n) is 0.804. The van der Waals surface area contributed by atoms with Gasteiger partial charge in [-0.3, -0.25) is 0 Å². The summed E-state index contributed by atoms with van der Waals surface area (Å²) in [5.41, 5.74) is -0.868. The summed E-state index contributed by atoms with van der Waals surface area (Å²) < 4.78 is 36.3. The van der Waals surface area contributed by atoms with Gasteiger partial charge in [-0.15, -0.1) is 12.4 Å². The zero-order chi connectivity index (χ0) is 9.19. The lowest BCUT2D eigenvalue weighted by molar-refractivity contribution is -0.139. The number of nitrogens with two attached hydrogens (primary N) is 1. The van der Waals surface area contributed by atoms with E-state index in [2.05, 4.69) is 10.7 Å². The van der Waals surface area contributed by atoms with Gasteiger partial charge in [0.2, 0.25) is 0 Å². The molecule has 0 saturated carbocycles. The molecule has 0 fully saturated rings. The van der Waals surface area contributed by atoms with Crippen molar-refractivity contribution in [2.24, 2.45) is 5.90 Å². The Kier molecular flexibility index (Phi) is 4.03. The van der Waals surface area contributed by atoms with Crippen molar-refractivity contribution in [1.82, 2.24) is 0 Å². The molecule has 0 atom stereocenters. The van der Waals surface area contributed by atoms with Gasteiger partial charge in [0.05, 0.1) is 0 Å². The van der Waals surface area contributed by atoms with E-state index in [1.165, 1.54) is 12.1 Å². The maximum Gasteiger partial charge on any atom is 0.420 e. The summed E-state index contributed by atoms with van der Waals surface area (Å²) in [7, 11) is 0. The van der Waals surface area contributed by atoms with E-state index in [4.69, 9.17) is 0 Å². The number of halogens is 4. The van der Waals surface area contributed by atoms with Crippen molar-refractivity contribution >= 4 is 12.4 Å². The van der Waals surface area contributed by atoms with Crippen LogP contribution in [-0.2, 0) is 6.18 Å². The highest BCUT2D eigenvalue weighted by Crippen LogP contribution is 2.35. The molecule has 0 aliphatic carbocycles. The van der Waals surface area contributed by atoms with Crippen LogP contribution in [-0.4, -0.2) is 0 Å². The molecule has 0 aliphatic heterocycles. The zero-order valence-electron chi connectivity index (χ0n) is 6.34. The molecule has 0 bridgehead atoms. The molecule has 0 amide bonds. The van der Waals surface area contributed by atoms with E-state index < -0.39 is 11.7 Å². The monoisotopic (exact) mass is 213 g/mol. The van der Waals surface area contributed by atoms with Crippen molar-refractivity contribution in [3.05, 3.63) is 29.8 Å². The molecule has 1 rings (SSSR count). The maximum atomic E-state index is 12.1. The molecule has 0 aliphatic rings. The Hall–Kier alpha value is -0.940. The third-order valence-corrected chi connectivity index (χ3v) is 1.32. The van der Waals surface area contributed by atoms with Crippen LogP contribution in [0.1, 0.15) is 5.56 Å². The number of hydrogen-bond donors (Lipinski definition) is 1. The van der Waals surface area contributed by atoms with Gasteiger partial charge >= 0.3 is 6.18 Å². The summed E-state index contributed by atoms with van der Waals surface area (Å²) in [6, 6.07) is 4.74. The number of hydrogen-bond acceptors (Lipinski definition) is 2. The van der Waals surface area contributed by atoms with Gasteiger partial charge in [-0.2, -0.15) is 19.1 Å². The molecule has 1 aromatic carbocycles. The molecule has 0 aromatic heterocycles. The minimum Gasteiger partial charge on any atom is -0.411 e. The third kappa shape index (κ3) is 2.78. The smallest absolute Gasteiger partial charge is 0.411 e. The van der Waals surface area contributed by atoms with Gasteiger partial charge in [-0.25, -0.2) is 0 Å². The molecular weight excluding hydrogens is 207 g/mol. The van der Waals surface area contributed by atoms with Crippen LogP contribution in [0.4, 0.5) is 13.2 Å². The van der Waals surface area contributed by atoms with Crippen molar-refractivity contribution in [2.75, 3.05) is 0 Å². The number of para-hydroxylation sites is 1. The second-order valence-corrected chi connectivity index (χ2v) is 2.11. The molecule has 0 spiro atoms. The molecule has 74 valence electrons. The van der Waals surface area contributed by atoms with Crippen molar-refractivity contribution in [2.45, 2.75) is 6.18 Å². The van der Waals surface area contributed by atoms with E-state index in [0.717, 1.165) is 12.1 Å². The first-order valence-corrected chi connectivity index (χ1v) is 3.08. The normalized spacial score (nSPS) is 10.5. The highest BCUT2D eigenvalue weighted by molar-refractivity contribution is 5.85. The molecule has 1 aromatic rings. The van der Waals surface area contributed by atoms with Crippen LogP contribution in [0.25, 0.3) is 0 Å².